The number of rotatable bonds is 6. The molecule has 0 bridgehead atoms. The highest BCUT2D eigenvalue weighted by molar-refractivity contribution is 5.93. The molecule has 0 spiro atoms. The minimum absolute atomic E-state index is 0.167. The number of pyridine rings is 1. The van der Waals surface area contributed by atoms with Crippen molar-refractivity contribution in [3.05, 3.63) is 83.2 Å². The van der Waals surface area contributed by atoms with Gasteiger partial charge in [0.25, 0.3) is 0 Å². The highest BCUT2D eigenvalue weighted by Gasteiger charge is 2.25. The number of benzene rings is 2. The zero-order valence-electron chi connectivity index (χ0n) is 18.3. The van der Waals surface area contributed by atoms with Crippen LogP contribution in [0.4, 0.5) is 5.69 Å². The Morgan fingerprint density at radius 1 is 1.23 bits per heavy atom. The van der Waals surface area contributed by atoms with Gasteiger partial charge in [0.1, 0.15) is 0 Å². The molecule has 160 valence electrons. The molecular formula is C26H29N3O2. The van der Waals surface area contributed by atoms with Crippen molar-refractivity contribution in [2.24, 2.45) is 0 Å². The number of aromatic carboxylic acids is 1. The number of aromatic nitrogens is 1. The molecular weight excluding hydrogens is 386 g/mol. The van der Waals surface area contributed by atoms with Gasteiger partial charge in [0.15, 0.2) is 0 Å². The van der Waals surface area contributed by atoms with Crippen LogP contribution in [0.2, 0.25) is 0 Å². The number of nitrogens with one attached hydrogen (secondary N) is 1. The molecule has 0 saturated heterocycles. The van der Waals surface area contributed by atoms with Crippen LogP contribution in [0.15, 0.2) is 60.9 Å². The highest BCUT2D eigenvalue weighted by Crippen LogP contribution is 2.35. The second-order valence-electron chi connectivity index (χ2n) is 8.51. The summed E-state index contributed by atoms with van der Waals surface area (Å²) < 4.78 is 0. The molecule has 1 unspecified atom stereocenters. The third-order valence-electron chi connectivity index (χ3n) is 6.20. The zero-order valence-corrected chi connectivity index (χ0v) is 18.3. The first kappa shape index (κ1) is 21.1. The number of carboxylic acid groups (broad SMARTS) is 1. The van der Waals surface area contributed by atoms with Gasteiger partial charge in [0, 0.05) is 19.3 Å². The minimum atomic E-state index is -0.948. The van der Waals surface area contributed by atoms with Crippen LogP contribution in [-0.2, 0) is 6.42 Å². The maximum absolute atomic E-state index is 11.5. The lowest BCUT2D eigenvalue weighted by Crippen LogP contribution is -2.36. The first-order valence-electron chi connectivity index (χ1n) is 10.8. The normalized spacial score (nSPS) is 16.2. The highest BCUT2D eigenvalue weighted by atomic mass is 16.4. The SMILES string of the molecule is CC(C)c1ccccc1-c1ccc2c(c1)CCN(C)C2CNc1cnccc1C(=O)O. The number of hydrogen-bond donors (Lipinski definition) is 2. The molecule has 1 aliphatic rings. The van der Waals surface area contributed by atoms with Crippen LogP contribution in [0, 0.1) is 0 Å². The van der Waals surface area contributed by atoms with E-state index >= 15 is 0 Å². The summed E-state index contributed by atoms with van der Waals surface area (Å²) in [5, 5.41) is 12.8. The van der Waals surface area contributed by atoms with E-state index in [1.54, 1.807) is 6.20 Å². The Morgan fingerprint density at radius 2 is 2.03 bits per heavy atom. The van der Waals surface area contributed by atoms with Gasteiger partial charge in [0.2, 0.25) is 0 Å². The van der Waals surface area contributed by atoms with Crippen molar-refractivity contribution >= 4 is 11.7 Å². The van der Waals surface area contributed by atoms with Crippen LogP contribution in [0.1, 0.15) is 52.9 Å². The fourth-order valence-electron chi connectivity index (χ4n) is 4.46. The van der Waals surface area contributed by atoms with Gasteiger partial charge in [-0.2, -0.15) is 0 Å². The summed E-state index contributed by atoms with van der Waals surface area (Å²) in [5.41, 5.74) is 7.40. The second-order valence-corrected chi connectivity index (χ2v) is 8.51. The molecule has 1 aliphatic heterocycles. The predicted octanol–water partition coefficient (Wildman–Crippen LogP) is 5.21. The Hall–Kier alpha value is -3.18. The van der Waals surface area contributed by atoms with Crippen LogP contribution >= 0.6 is 0 Å². The molecule has 1 atom stereocenters. The zero-order chi connectivity index (χ0) is 22.0. The fraction of sp³-hybridized carbons (Fsp3) is 0.308. The van der Waals surface area contributed by atoms with E-state index in [0.717, 1.165) is 13.0 Å². The molecule has 0 aliphatic carbocycles. The first-order chi connectivity index (χ1) is 15.0. The Bertz CT molecular complexity index is 1090. The van der Waals surface area contributed by atoms with E-state index in [4.69, 9.17) is 0 Å². The average Bonchev–Trinajstić information content (AvgIpc) is 2.78. The van der Waals surface area contributed by atoms with Gasteiger partial charge < -0.3 is 10.4 Å². The van der Waals surface area contributed by atoms with Gasteiger partial charge >= 0.3 is 5.97 Å². The van der Waals surface area contributed by atoms with Gasteiger partial charge in [-0.05, 0) is 53.3 Å². The van der Waals surface area contributed by atoms with Gasteiger partial charge in [-0.3, -0.25) is 9.88 Å². The van der Waals surface area contributed by atoms with Crippen molar-refractivity contribution in [3.63, 3.8) is 0 Å². The number of fused-ring (bicyclic) bond motifs is 1. The van der Waals surface area contributed by atoms with Crippen LogP contribution in [0.5, 0.6) is 0 Å². The number of nitrogens with zero attached hydrogens (tertiary/aromatic N) is 2. The lowest BCUT2D eigenvalue weighted by atomic mass is 9.87. The molecule has 5 nitrogen and oxygen atoms in total. The molecule has 4 rings (SSSR count). The van der Waals surface area contributed by atoms with Crippen molar-refractivity contribution in [1.82, 2.24) is 9.88 Å². The molecule has 0 saturated carbocycles. The van der Waals surface area contributed by atoms with Gasteiger partial charge in [-0.15, -0.1) is 0 Å². The largest absolute Gasteiger partial charge is 0.478 e. The van der Waals surface area contributed by atoms with E-state index in [0.29, 0.717) is 18.2 Å². The van der Waals surface area contributed by atoms with Crippen LogP contribution in [-0.4, -0.2) is 41.1 Å². The monoisotopic (exact) mass is 415 g/mol. The predicted molar refractivity (Wildman–Crippen MR) is 125 cm³/mol. The summed E-state index contributed by atoms with van der Waals surface area (Å²) in [6.45, 7) is 6.06. The van der Waals surface area contributed by atoms with Crippen molar-refractivity contribution in [3.8, 4) is 11.1 Å². The van der Waals surface area contributed by atoms with Crippen LogP contribution in [0.3, 0.4) is 0 Å². The Labute approximate surface area is 183 Å². The lowest BCUT2D eigenvalue weighted by Gasteiger charge is -2.35. The smallest absolute Gasteiger partial charge is 0.337 e. The first-order valence-corrected chi connectivity index (χ1v) is 10.8. The molecule has 0 radical (unpaired) electrons. The van der Waals surface area contributed by atoms with E-state index in [9.17, 15) is 9.90 Å². The number of anilines is 1. The topological polar surface area (TPSA) is 65.5 Å². The van der Waals surface area contributed by atoms with Crippen molar-refractivity contribution < 1.29 is 9.90 Å². The molecule has 0 fully saturated rings. The van der Waals surface area contributed by atoms with Crippen molar-refractivity contribution in [2.45, 2.75) is 32.2 Å². The number of carboxylic acids is 1. The quantitative estimate of drug-likeness (QED) is 0.578. The average molecular weight is 416 g/mol. The molecule has 1 aromatic heterocycles. The molecule has 31 heavy (non-hydrogen) atoms. The van der Waals surface area contributed by atoms with Crippen LogP contribution < -0.4 is 5.32 Å². The van der Waals surface area contributed by atoms with Crippen LogP contribution in [0.25, 0.3) is 11.1 Å². The third-order valence-corrected chi connectivity index (χ3v) is 6.20. The van der Waals surface area contributed by atoms with E-state index in [2.05, 4.69) is 78.6 Å². The van der Waals surface area contributed by atoms with Gasteiger partial charge in [0.05, 0.1) is 23.5 Å². The maximum Gasteiger partial charge on any atom is 0.337 e. The van der Waals surface area contributed by atoms with Crippen molar-refractivity contribution in [1.29, 1.82) is 0 Å². The Balaban J connectivity index is 1.62. The third kappa shape index (κ3) is 4.32. The van der Waals surface area contributed by atoms with Crippen molar-refractivity contribution in [2.75, 3.05) is 25.5 Å². The molecule has 2 heterocycles. The van der Waals surface area contributed by atoms with E-state index < -0.39 is 5.97 Å². The number of carbonyl (C=O) groups is 1. The summed E-state index contributed by atoms with van der Waals surface area (Å²) >= 11 is 0. The fourth-order valence-corrected chi connectivity index (χ4v) is 4.46. The molecule has 2 N–H and O–H groups in total. The minimum Gasteiger partial charge on any atom is -0.478 e. The summed E-state index contributed by atoms with van der Waals surface area (Å²) in [7, 11) is 2.12. The van der Waals surface area contributed by atoms with Gasteiger partial charge in [-0.1, -0.05) is 56.3 Å². The van der Waals surface area contributed by atoms with E-state index in [1.807, 2.05) is 0 Å². The standard InChI is InChI=1S/C26H29N3O2/c1-17(2)20-6-4-5-7-21(20)18-8-9-22-19(14-18)11-13-29(3)25(22)16-28-24-15-27-12-10-23(24)26(30)31/h4-10,12,14-15,17,25,28H,11,13,16H2,1-3H3,(H,30,31). The molecule has 3 aromatic rings. The maximum atomic E-state index is 11.5. The summed E-state index contributed by atoms with van der Waals surface area (Å²) in [6, 6.07) is 17.1. The Kier molecular flexibility index (Phi) is 6.05. The van der Waals surface area contributed by atoms with E-state index in [1.165, 1.54) is 40.1 Å². The summed E-state index contributed by atoms with van der Waals surface area (Å²) in [5.74, 6) is -0.478. The van der Waals surface area contributed by atoms with E-state index in [-0.39, 0.29) is 11.6 Å². The lowest BCUT2D eigenvalue weighted by molar-refractivity contribution is 0.0697. The number of likely N-dealkylation sites (N-methyl/N-ethyl adjacent to an activating group) is 1. The number of hydrogen-bond acceptors (Lipinski definition) is 4. The Morgan fingerprint density at radius 3 is 2.81 bits per heavy atom. The van der Waals surface area contributed by atoms with Gasteiger partial charge in [-0.25, -0.2) is 4.79 Å². The molecule has 2 aromatic carbocycles. The summed E-state index contributed by atoms with van der Waals surface area (Å²) in [6.07, 6.45) is 4.10. The second kappa shape index (κ2) is 8.90. The summed E-state index contributed by atoms with van der Waals surface area (Å²) in [4.78, 5) is 17.9. The molecule has 0 amide bonds. The molecule has 5 heteroatoms.